The monoisotopic (exact) mass is 217 g/mol. The molecule has 2 atom stereocenters. The van der Waals surface area contributed by atoms with E-state index in [4.69, 9.17) is 10.2 Å². The van der Waals surface area contributed by atoms with Crippen molar-refractivity contribution < 1.29 is 24.5 Å². The predicted octanol–water partition coefficient (Wildman–Crippen LogP) is -0.513. The number of carbonyl (C=O) groups excluding carboxylic acids is 1. The second-order valence-corrected chi connectivity index (χ2v) is 3.05. The molecule has 0 bridgehead atoms. The van der Waals surface area contributed by atoms with Crippen molar-refractivity contribution in [3.05, 3.63) is 11.8 Å². The van der Waals surface area contributed by atoms with E-state index in [1.165, 1.54) is 21.0 Å². The highest BCUT2D eigenvalue weighted by Crippen LogP contribution is 1.98. The average Bonchev–Trinajstić information content (AvgIpc) is 2.12. The van der Waals surface area contributed by atoms with Gasteiger partial charge in [0.25, 0.3) is 0 Å². The van der Waals surface area contributed by atoms with Crippen molar-refractivity contribution in [1.82, 2.24) is 5.32 Å². The maximum absolute atomic E-state index is 10.8. The molecule has 0 aromatic carbocycles. The molecule has 0 aliphatic carbocycles. The number of methoxy groups -OCH3 is 1. The van der Waals surface area contributed by atoms with Gasteiger partial charge in [0.15, 0.2) is 6.04 Å². The van der Waals surface area contributed by atoms with Gasteiger partial charge in [-0.25, -0.2) is 9.59 Å². The van der Waals surface area contributed by atoms with Crippen molar-refractivity contribution in [3.63, 3.8) is 0 Å². The number of nitrogens with one attached hydrogen (secondary N) is 1. The van der Waals surface area contributed by atoms with Crippen LogP contribution in [0.2, 0.25) is 0 Å². The molecular weight excluding hydrogens is 202 g/mol. The molecule has 6 heteroatoms. The highest BCUT2D eigenvalue weighted by molar-refractivity contribution is 5.82. The summed E-state index contributed by atoms with van der Waals surface area (Å²) in [5.74, 6) is -1.78. The fourth-order valence-electron chi connectivity index (χ4n) is 0.911. The fourth-order valence-corrected chi connectivity index (χ4v) is 0.911. The first kappa shape index (κ1) is 13.4. The predicted molar refractivity (Wildman–Crippen MR) is 52.0 cm³/mol. The van der Waals surface area contributed by atoms with E-state index in [2.05, 4.69) is 10.1 Å². The van der Waals surface area contributed by atoms with E-state index in [0.717, 1.165) is 6.08 Å². The second kappa shape index (κ2) is 6.02. The molecule has 86 valence electrons. The summed E-state index contributed by atoms with van der Waals surface area (Å²) >= 11 is 0. The summed E-state index contributed by atoms with van der Waals surface area (Å²) in [6.45, 7) is 2.85. The molecule has 0 spiro atoms. The molecule has 0 rings (SSSR count). The van der Waals surface area contributed by atoms with Gasteiger partial charge in [0, 0.05) is 11.8 Å². The van der Waals surface area contributed by atoms with Gasteiger partial charge < -0.3 is 20.3 Å². The van der Waals surface area contributed by atoms with Gasteiger partial charge in [-0.1, -0.05) is 0 Å². The Hall–Kier alpha value is -1.56. The van der Waals surface area contributed by atoms with Crippen LogP contribution in [0.1, 0.15) is 13.8 Å². The van der Waals surface area contributed by atoms with E-state index in [1.54, 1.807) is 0 Å². The number of carbonyl (C=O) groups is 2. The smallest absolute Gasteiger partial charge is 0.332 e. The van der Waals surface area contributed by atoms with Crippen molar-refractivity contribution in [1.29, 1.82) is 0 Å². The van der Waals surface area contributed by atoms with Crippen LogP contribution in [0, 0.1) is 0 Å². The lowest BCUT2D eigenvalue weighted by Crippen LogP contribution is -2.43. The minimum atomic E-state index is -1.19. The first-order chi connectivity index (χ1) is 6.88. The number of ether oxygens (including phenoxy) is 1. The van der Waals surface area contributed by atoms with E-state index in [0.29, 0.717) is 5.70 Å². The number of carboxylic acids is 1. The zero-order chi connectivity index (χ0) is 12.0. The van der Waals surface area contributed by atoms with Crippen LogP contribution < -0.4 is 5.32 Å². The summed E-state index contributed by atoms with van der Waals surface area (Å²) in [5, 5.41) is 20.3. The number of aliphatic hydroxyl groups excluding tert-OH is 1. The van der Waals surface area contributed by atoms with E-state index in [-0.39, 0.29) is 0 Å². The number of aliphatic hydroxyl groups is 1. The molecule has 6 nitrogen and oxygen atoms in total. The van der Waals surface area contributed by atoms with Gasteiger partial charge in [0.1, 0.15) is 0 Å². The van der Waals surface area contributed by atoms with Crippen molar-refractivity contribution in [2.75, 3.05) is 7.11 Å². The van der Waals surface area contributed by atoms with Gasteiger partial charge in [0.2, 0.25) is 0 Å². The zero-order valence-electron chi connectivity index (χ0n) is 8.85. The molecule has 0 saturated heterocycles. The van der Waals surface area contributed by atoms with E-state index in [9.17, 15) is 9.59 Å². The Morgan fingerprint density at radius 3 is 2.33 bits per heavy atom. The number of aliphatic carboxylic acids is 1. The molecule has 0 radical (unpaired) electrons. The van der Waals surface area contributed by atoms with Gasteiger partial charge in [0.05, 0.1) is 13.2 Å². The minimum Gasteiger partial charge on any atom is -0.480 e. The Labute approximate surface area is 87.5 Å². The molecule has 0 aliphatic heterocycles. The minimum absolute atomic E-state index is 0.315. The lowest BCUT2D eigenvalue weighted by molar-refractivity contribution is -0.142. The lowest BCUT2D eigenvalue weighted by atomic mass is 10.2. The number of esters is 1. The number of carboxylic acid groups (broad SMARTS) is 1. The van der Waals surface area contributed by atoms with Gasteiger partial charge in [-0.15, -0.1) is 0 Å². The third-order valence-electron chi connectivity index (χ3n) is 1.67. The van der Waals surface area contributed by atoms with Crippen molar-refractivity contribution in [2.45, 2.75) is 26.0 Å². The zero-order valence-corrected chi connectivity index (χ0v) is 8.85. The molecule has 0 heterocycles. The lowest BCUT2D eigenvalue weighted by Gasteiger charge is -2.18. The van der Waals surface area contributed by atoms with Gasteiger partial charge in [-0.05, 0) is 13.8 Å². The van der Waals surface area contributed by atoms with E-state index >= 15 is 0 Å². The molecule has 0 amide bonds. The fraction of sp³-hybridized carbons (Fsp3) is 0.556. The number of hydrogen-bond donors (Lipinski definition) is 3. The third-order valence-corrected chi connectivity index (χ3v) is 1.67. The Bertz CT molecular complexity index is 272. The molecule has 0 saturated carbocycles. The van der Waals surface area contributed by atoms with Crippen LogP contribution in [-0.2, 0) is 14.3 Å². The van der Waals surface area contributed by atoms with Gasteiger partial charge >= 0.3 is 11.9 Å². The van der Waals surface area contributed by atoms with E-state index < -0.39 is 24.1 Å². The maximum atomic E-state index is 10.8. The Morgan fingerprint density at radius 1 is 1.47 bits per heavy atom. The Morgan fingerprint density at radius 2 is 2.00 bits per heavy atom. The van der Waals surface area contributed by atoms with Crippen molar-refractivity contribution in [2.24, 2.45) is 0 Å². The summed E-state index contributed by atoms with van der Waals surface area (Å²) in [4.78, 5) is 21.5. The molecule has 0 aliphatic rings. The Balaban J connectivity index is 4.48. The second-order valence-electron chi connectivity index (χ2n) is 3.05. The van der Waals surface area contributed by atoms with Crippen LogP contribution in [0.4, 0.5) is 0 Å². The van der Waals surface area contributed by atoms with Gasteiger partial charge in [-0.2, -0.15) is 0 Å². The van der Waals surface area contributed by atoms with Crippen LogP contribution in [0.3, 0.4) is 0 Å². The normalized spacial score (nSPS) is 15.3. The SMILES string of the molecule is COC(=O)/C=C(\C)N[C@@H](C(=O)O)C(C)O. The third kappa shape index (κ3) is 5.02. The van der Waals surface area contributed by atoms with Crippen molar-refractivity contribution >= 4 is 11.9 Å². The summed E-state index contributed by atoms with van der Waals surface area (Å²) in [6, 6.07) is -1.15. The molecule has 15 heavy (non-hydrogen) atoms. The van der Waals surface area contributed by atoms with Gasteiger partial charge in [-0.3, -0.25) is 0 Å². The standard InChI is InChI=1S/C9H15NO5/c1-5(4-7(12)15-3)10-8(6(2)11)9(13)14/h4,6,8,10-11H,1-3H3,(H,13,14)/b5-4+/t6?,8-/m1/s1. The van der Waals surface area contributed by atoms with Crippen LogP contribution in [0.5, 0.6) is 0 Å². The van der Waals surface area contributed by atoms with Crippen LogP contribution in [-0.4, -0.2) is 41.4 Å². The molecule has 0 aromatic heterocycles. The quantitative estimate of drug-likeness (QED) is 0.424. The Kier molecular flexibility index (Phi) is 5.40. The summed E-state index contributed by atoms with van der Waals surface area (Å²) < 4.78 is 4.36. The largest absolute Gasteiger partial charge is 0.480 e. The summed E-state index contributed by atoms with van der Waals surface area (Å²) in [6.07, 6.45) is 0.0432. The molecular formula is C9H15NO5. The molecule has 0 aromatic rings. The molecule has 0 fully saturated rings. The number of rotatable bonds is 5. The number of allylic oxidation sites excluding steroid dienone is 1. The topological polar surface area (TPSA) is 95.9 Å². The van der Waals surface area contributed by atoms with Crippen LogP contribution >= 0.6 is 0 Å². The summed E-state index contributed by atoms with van der Waals surface area (Å²) in [7, 11) is 1.22. The first-order valence-electron chi connectivity index (χ1n) is 4.32. The molecule has 3 N–H and O–H groups in total. The van der Waals surface area contributed by atoms with E-state index in [1.807, 2.05) is 0 Å². The van der Waals surface area contributed by atoms with Crippen LogP contribution in [0.15, 0.2) is 11.8 Å². The maximum Gasteiger partial charge on any atom is 0.332 e. The first-order valence-corrected chi connectivity index (χ1v) is 4.32. The average molecular weight is 217 g/mol. The van der Waals surface area contributed by atoms with Crippen LogP contribution in [0.25, 0.3) is 0 Å². The summed E-state index contributed by atoms with van der Waals surface area (Å²) in [5.41, 5.74) is 0.315. The highest BCUT2D eigenvalue weighted by atomic mass is 16.5. The highest BCUT2D eigenvalue weighted by Gasteiger charge is 2.22. The number of hydrogen-bond acceptors (Lipinski definition) is 5. The molecule has 1 unspecified atom stereocenters. The van der Waals surface area contributed by atoms with Crippen molar-refractivity contribution in [3.8, 4) is 0 Å².